The van der Waals surface area contributed by atoms with Crippen molar-refractivity contribution in [3.05, 3.63) is 83.1 Å². The summed E-state index contributed by atoms with van der Waals surface area (Å²) in [7, 11) is 0. The Kier molecular flexibility index (Phi) is 8.37. The molecule has 1 aliphatic carbocycles. The zero-order valence-corrected chi connectivity index (χ0v) is 21.3. The van der Waals surface area contributed by atoms with Gasteiger partial charge in [0.05, 0.1) is 18.7 Å². The number of carboxylic acid groups (broad SMARTS) is 3. The van der Waals surface area contributed by atoms with Crippen LogP contribution in [0.3, 0.4) is 0 Å². The summed E-state index contributed by atoms with van der Waals surface area (Å²) in [5.74, 6) is -3.41. The second-order valence-electron chi connectivity index (χ2n) is 8.94. The summed E-state index contributed by atoms with van der Waals surface area (Å²) in [4.78, 5) is 47.5. The zero-order chi connectivity index (χ0) is 28.1. The van der Waals surface area contributed by atoms with E-state index in [9.17, 15) is 24.3 Å². The van der Waals surface area contributed by atoms with Crippen LogP contribution in [0, 0.1) is 5.92 Å². The van der Waals surface area contributed by atoms with Crippen LogP contribution in [0.4, 0.5) is 5.69 Å². The molecule has 2 aliphatic rings. The lowest BCUT2D eigenvalue weighted by Crippen LogP contribution is -2.41. The molecule has 0 saturated carbocycles. The number of aliphatic carboxylic acids is 2. The molecule has 0 fully saturated rings. The van der Waals surface area contributed by atoms with E-state index in [1.807, 2.05) is 12.1 Å². The van der Waals surface area contributed by atoms with E-state index in [1.54, 1.807) is 30.3 Å². The third-order valence-corrected chi connectivity index (χ3v) is 6.48. The lowest BCUT2D eigenvalue weighted by Gasteiger charge is -2.35. The van der Waals surface area contributed by atoms with Crippen LogP contribution in [0.1, 0.15) is 27.4 Å². The number of para-hydroxylation sites is 1. The SMILES string of the molecule is O=C1C=CC2C(=C1)Oc1ccccc1C2c1ccc(NC(=S)NCCN(CC(=O)O)CC(=O)O)cc1C(=O)O. The first-order valence-corrected chi connectivity index (χ1v) is 12.3. The molecule has 2 aromatic carbocycles. The normalized spacial score (nSPS) is 17.4. The number of carbonyl (C=O) groups is 4. The lowest BCUT2D eigenvalue weighted by atomic mass is 9.74. The van der Waals surface area contributed by atoms with Crippen molar-refractivity contribution in [1.82, 2.24) is 10.2 Å². The Hall–Kier alpha value is -4.55. The van der Waals surface area contributed by atoms with Crippen LogP contribution in [-0.2, 0) is 14.4 Å². The number of carboxylic acids is 3. The molecule has 0 radical (unpaired) electrons. The molecule has 39 heavy (non-hydrogen) atoms. The maximum atomic E-state index is 12.4. The number of thiocarbonyl (C=S) groups is 1. The number of fused-ring (bicyclic) bond motifs is 2. The van der Waals surface area contributed by atoms with E-state index in [4.69, 9.17) is 27.2 Å². The van der Waals surface area contributed by atoms with Crippen LogP contribution in [0.5, 0.6) is 5.75 Å². The van der Waals surface area contributed by atoms with Gasteiger partial charge in [-0.3, -0.25) is 19.3 Å². The maximum Gasteiger partial charge on any atom is 0.336 e. The quantitative estimate of drug-likeness (QED) is 0.274. The number of benzene rings is 2. The average molecular weight is 552 g/mol. The second kappa shape index (κ2) is 11.9. The van der Waals surface area contributed by atoms with Gasteiger partial charge in [0.1, 0.15) is 11.5 Å². The zero-order valence-electron chi connectivity index (χ0n) is 20.5. The summed E-state index contributed by atoms with van der Waals surface area (Å²) in [6.07, 6.45) is 4.60. The summed E-state index contributed by atoms with van der Waals surface area (Å²) in [6.45, 7) is -0.602. The lowest BCUT2D eigenvalue weighted by molar-refractivity contribution is -0.141. The molecule has 2 unspecified atom stereocenters. The number of rotatable bonds is 10. The van der Waals surface area contributed by atoms with E-state index >= 15 is 0 Å². The Balaban J connectivity index is 1.53. The fourth-order valence-electron chi connectivity index (χ4n) is 4.65. The summed E-state index contributed by atoms with van der Waals surface area (Å²) in [5, 5.41) is 33.9. The van der Waals surface area contributed by atoms with Crippen LogP contribution >= 0.6 is 12.2 Å². The maximum absolute atomic E-state index is 12.4. The third kappa shape index (κ3) is 6.67. The van der Waals surface area contributed by atoms with E-state index in [0.29, 0.717) is 22.8 Å². The molecule has 2 atom stereocenters. The largest absolute Gasteiger partial charge is 0.480 e. The smallest absolute Gasteiger partial charge is 0.336 e. The Morgan fingerprint density at radius 3 is 2.41 bits per heavy atom. The van der Waals surface area contributed by atoms with Gasteiger partial charge in [-0.25, -0.2) is 4.79 Å². The van der Waals surface area contributed by atoms with Crippen molar-refractivity contribution in [2.24, 2.45) is 5.92 Å². The Bertz CT molecular complexity index is 1390. The van der Waals surface area contributed by atoms with Crippen LogP contribution < -0.4 is 15.4 Å². The van der Waals surface area contributed by atoms with E-state index < -0.39 is 36.9 Å². The number of allylic oxidation sites excluding steroid dienone is 3. The van der Waals surface area contributed by atoms with E-state index in [2.05, 4.69) is 10.6 Å². The van der Waals surface area contributed by atoms with Crippen LogP contribution in [0.25, 0.3) is 0 Å². The number of hydrogen-bond acceptors (Lipinski definition) is 7. The number of carbonyl (C=O) groups excluding carboxylic acids is 1. The van der Waals surface area contributed by atoms with E-state index in [-0.39, 0.29) is 35.5 Å². The van der Waals surface area contributed by atoms with Crippen LogP contribution in [0.15, 0.2) is 66.5 Å². The summed E-state index contributed by atoms with van der Waals surface area (Å²) >= 11 is 5.28. The van der Waals surface area contributed by atoms with Crippen molar-refractivity contribution in [2.45, 2.75) is 5.92 Å². The Morgan fingerprint density at radius 2 is 1.72 bits per heavy atom. The van der Waals surface area contributed by atoms with Crippen molar-refractivity contribution >= 4 is 46.7 Å². The van der Waals surface area contributed by atoms with Gasteiger partial charge in [0.2, 0.25) is 0 Å². The van der Waals surface area contributed by atoms with Gasteiger partial charge in [0, 0.05) is 42.3 Å². The van der Waals surface area contributed by atoms with Crippen molar-refractivity contribution in [3.63, 3.8) is 0 Å². The number of ketones is 1. The predicted molar refractivity (Wildman–Crippen MR) is 144 cm³/mol. The Labute approximate surface area is 228 Å². The molecule has 4 rings (SSSR count). The van der Waals surface area contributed by atoms with Gasteiger partial charge >= 0.3 is 17.9 Å². The van der Waals surface area contributed by atoms with Gasteiger partial charge in [0.25, 0.3) is 0 Å². The van der Waals surface area contributed by atoms with Gasteiger partial charge < -0.3 is 30.7 Å². The van der Waals surface area contributed by atoms with E-state index in [0.717, 1.165) is 5.56 Å². The monoisotopic (exact) mass is 551 g/mol. The van der Waals surface area contributed by atoms with Crippen LogP contribution in [-0.4, -0.2) is 75.2 Å². The highest BCUT2D eigenvalue weighted by atomic mass is 32.1. The highest BCUT2D eigenvalue weighted by Crippen LogP contribution is 2.48. The molecule has 0 amide bonds. The molecule has 0 bridgehead atoms. The fourth-order valence-corrected chi connectivity index (χ4v) is 4.87. The number of nitrogens with one attached hydrogen (secondary N) is 2. The minimum absolute atomic E-state index is 0.0447. The molecule has 1 aliphatic heterocycles. The summed E-state index contributed by atoms with van der Waals surface area (Å²) < 4.78 is 5.97. The first-order chi connectivity index (χ1) is 18.6. The van der Waals surface area contributed by atoms with Crippen molar-refractivity contribution in [2.75, 3.05) is 31.5 Å². The molecule has 0 aromatic heterocycles. The molecule has 12 heteroatoms. The van der Waals surface area contributed by atoms with Gasteiger partial charge in [0.15, 0.2) is 10.9 Å². The second-order valence-corrected chi connectivity index (χ2v) is 9.35. The van der Waals surface area contributed by atoms with E-state index in [1.165, 1.54) is 23.1 Å². The molecular formula is C27H25N3O8S. The minimum atomic E-state index is -1.15. The van der Waals surface area contributed by atoms with Gasteiger partial charge in [-0.2, -0.15) is 0 Å². The first-order valence-electron chi connectivity index (χ1n) is 11.9. The summed E-state index contributed by atoms with van der Waals surface area (Å²) in [5.41, 5.74) is 1.79. The predicted octanol–water partition coefficient (Wildman–Crippen LogP) is 2.31. The molecule has 1 heterocycles. The molecular weight excluding hydrogens is 526 g/mol. The molecule has 202 valence electrons. The number of ether oxygens (including phenoxy) is 1. The van der Waals surface area contributed by atoms with Crippen molar-refractivity contribution < 1.29 is 39.2 Å². The van der Waals surface area contributed by atoms with Crippen LogP contribution in [0.2, 0.25) is 0 Å². The highest BCUT2D eigenvalue weighted by molar-refractivity contribution is 7.80. The number of anilines is 1. The third-order valence-electron chi connectivity index (χ3n) is 6.23. The fraction of sp³-hybridized carbons (Fsp3) is 0.222. The topological polar surface area (TPSA) is 165 Å². The summed E-state index contributed by atoms with van der Waals surface area (Å²) in [6, 6.07) is 12.1. The molecule has 0 spiro atoms. The molecule has 0 saturated heterocycles. The number of hydrogen-bond donors (Lipinski definition) is 5. The minimum Gasteiger partial charge on any atom is -0.480 e. The average Bonchev–Trinajstić information content (AvgIpc) is 2.86. The number of nitrogens with zero attached hydrogens (tertiary/aromatic N) is 1. The first kappa shape index (κ1) is 27.5. The van der Waals surface area contributed by atoms with Crippen molar-refractivity contribution in [1.29, 1.82) is 0 Å². The van der Waals surface area contributed by atoms with Gasteiger partial charge in [-0.05, 0) is 42.1 Å². The highest BCUT2D eigenvalue weighted by Gasteiger charge is 2.38. The number of aromatic carboxylic acids is 1. The van der Waals surface area contributed by atoms with Gasteiger partial charge in [-0.15, -0.1) is 0 Å². The molecule has 2 aromatic rings. The van der Waals surface area contributed by atoms with Gasteiger partial charge in [-0.1, -0.05) is 30.3 Å². The Morgan fingerprint density at radius 1 is 1.00 bits per heavy atom. The van der Waals surface area contributed by atoms with Crippen molar-refractivity contribution in [3.8, 4) is 5.75 Å². The standard InChI is InChI=1S/C27H25N3O8S/c31-16-6-8-19-22(12-16)38-21-4-2-1-3-18(21)25(19)17-7-5-15(11-20(17)26(36)37)29-27(39)28-9-10-30(13-23(32)33)14-24(34)35/h1-8,11-12,19,25H,9-10,13-14H2,(H,32,33)(H,34,35)(H,36,37)(H2,28,29,39). The molecule has 11 nitrogen and oxygen atoms in total. The molecule has 5 N–H and O–H groups in total.